The van der Waals surface area contributed by atoms with Crippen molar-refractivity contribution in [2.45, 2.75) is 44.2 Å². The number of rotatable bonds is 4. The minimum atomic E-state index is 0.254. The summed E-state index contributed by atoms with van der Waals surface area (Å²) in [6.45, 7) is 7.63. The maximum absolute atomic E-state index is 6.19. The first-order valence-corrected chi connectivity index (χ1v) is 7.75. The topological polar surface area (TPSA) is 41.7 Å². The molecule has 2 saturated heterocycles. The van der Waals surface area contributed by atoms with E-state index < -0.39 is 0 Å². The molecule has 0 saturated carbocycles. The van der Waals surface area contributed by atoms with Gasteiger partial charge in [-0.05, 0) is 65.2 Å². The van der Waals surface area contributed by atoms with Crippen LogP contribution in [0.5, 0.6) is 0 Å². The molecule has 2 atom stereocenters. The number of hydrogen-bond donors (Lipinski definition) is 1. The summed E-state index contributed by atoms with van der Waals surface area (Å²) < 4.78 is 5.29. The summed E-state index contributed by atoms with van der Waals surface area (Å²) in [7, 11) is 4.04. The van der Waals surface area contributed by atoms with Crippen molar-refractivity contribution in [1.82, 2.24) is 9.80 Å². The molecule has 2 heterocycles. The minimum absolute atomic E-state index is 0.254. The van der Waals surface area contributed by atoms with Crippen molar-refractivity contribution in [3.05, 3.63) is 0 Å². The molecule has 0 aliphatic carbocycles. The van der Waals surface area contributed by atoms with E-state index in [0.29, 0.717) is 6.04 Å². The van der Waals surface area contributed by atoms with Gasteiger partial charge in [0.2, 0.25) is 0 Å². The van der Waals surface area contributed by atoms with Crippen LogP contribution in [0.3, 0.4) is 0 Å². The smallest absolute Gasteiger partial charge is 0.0491 e. The highest BCUT2D eigenvalue weighted by Crippen LogP contribution is 2.34. The number of nitrogens with two attached hydrogens (primary N) is 1. The molecular formula is C15H31N3O. The maximum Gasteiger partial charge on any atom is 0.0491 e. The van der Waals surface area contributed by atoms with Gasteiger partial charge < -0.3 is 15.4 Å². The fourth-order valence-corrected chi connectivity index (χ4v) is 3.82. The van der Waals surface area contributed by atoms with Gasteiger partial charge >= 0.3 is 0 Å². The average molecular weight is 269 g/mol. The first-order valence-electron chi connectivity index (χ1n) is 7.75. The number of nitrogens with zero attached hydrogens (tertiary/aromatic N) is 2. The molecule has 0 bridgehead atoms. The van der Waals surface area contributed by atoms with Gasteiger partial charge in [-0.25, -0.2) is 0 Å². The van der Waals surface area contributed by atoms with E-state index in [1.54, 1.807) is 0 Å². The number of likely N-dealkylation sites (tertiary alicyclic amines) is 2. The second-order valence-corrected chi connectivity index (χ2v) is 6.60. The molecular weight excluding hydrogens is 238 g/mol. The Labute approximate surface area is 118 Å². The van der Waals surface area contributed by atoms with Crippen LogP contribution >= 0.6 is 0 Å². The zero-order valence-electron chi connectivity index (χ0n) is 12.9. The van der Waals surface area contributed by atoms with E-state index in [9.17, 15) is 0 Å². The van der Waals surface area contributed by atoms with Gasteiger partial charge in [0.05, 0.1) is 0 Å². The molecule has 2 unspecified atom stereocenters. The van der Waals surface area contributed by atoms with Crippen molar-refractivity contribution in [2.24, 2.45) is 11.7 Å². The molecule has 2 rings (SSSR count). The molecule has 0 amide bonds. The summed E-state index contributed by atoms with van der Waals surface area (Å²) in [6, 6.07) is 0.647. The molecule has 0 radical (unpaired) electrons. The first kappa shape index (κ1) is 15.2. The standard InChI is InChI=1S/C15H31N3O/c1-13-10-15(12-16,6-9-17(13)2)18-7-4-14(5-8-18)11-19-3/h13-14H,4-12,16H2,1-3H3. The Morgan fingerprint density at radius 1 is 1.26 bits per heavy atom. The Morgan fingerprint density at radius 3 is 2.47 bits per heavy atom. The monoisotopic (exact) mass is 269 g/mol. The van der Waals surface area contributed by atoms with E-state index in [1.165, 1.54) is 45.3 Å². The number of ether oxygens (including phenoxy) is 1. The zero-order chi connectivity index (χ0) is 13.9. The summed E-state index contributed by atoms with van der Waals surface area (Å²) in [5, 5.41) is 0. The van der Waals surface area contributed by atoms with Crippen LogP contribution in [0.2, 0.25) is 0 Å². The molecule has 0 aromatic heterocycles. The van der Waals surface area contributed by atoms with Gasteiger partial charge in [0.1, 0.15) is 0 Å². The molecule has 4 heteroatoms. The van der Waals surface area contributed by atoms with Crippen molar-refractivity contribution in [1.29, 1.82) is 0 Å². The minimum Gasteiger partial charge on any atom is -0.384 e. The van der Waals surface area contributed by atoms with E-state index in [-0.39, 0.29) is 5.54 Å². The fraction of sp³-hybridized carbons (Fsp3) is 1.00. The second-order valence-electron chi connectivity index (χ2n) is 6.60. The quantitative estimate of drug-likeness (QED) is 0.831. The molecule has 0 aromatic rings. The third-order valence-electron chi connectivity index (χ3n) is 5.43. The summed E-state index contributed by atoms with van der Waals surface area (Å²) >= 11 is 0. The van der Waals surface area contributed by atoms with Crippen molar-refractivity contribution >= 4 is 0 Å². The average Bonchev–Trinajstić information content (AvgIpc) is 2.43. The Balaban J connectivity index is 1.95. The van der Waals surface area contributed by atoms with Crippen molar-refractivity contribution < 1.29 is 4.74 Å². The normalized spacial score (nSPS) is 35.7. The molecule has 0 spiro atoms. The van der Waals surface area contributed by atoms with Gasteiger partial charge in [0.25, 0.3) is 0 Å². The van der Waals surface area contributed by atoms with Crippen LogP contribution in [0.4, 0.5) is 0 Å². The Morgan fingerprint density at radius 2 is 1.95 bits per heavy atom. The maximum atomic E-state index is 6.19. The van der Waals surface area contributed by atoms with Gasteiger partial charge in [0, 0.05) is 31.8 Å². The van der Waals surface area contributed by atoms with Crippen LogP contribution in [-0.4, -0.2) is 68.3 Å². The van der Waals surface area contributed by atoms with Gasteiger partial charge in [0.15, 0.2) is 0 Å². The second kappa shape index (κ2) is 6.53. The lowest BCUT2D eigenvalue weighted by Gasteiger charge is -2.52. The zero-order valence-corrected chi connectivity index (χ0v) is 12.9. The SMILES string of the molecule is COCC1CCN(C2(CN)CCN(C)C(C)C2)CC1. The highest BCUT2D eigenvalue weighted by molar-refractivity contribution is 4.99. The molecule has 19 heavy (non-hydrogen) atoms. The van der Waals surface area contributed by atoms with Crippen LogP contribution in [0.25, 0.3) is 0 Å². The molecule has 2 N–H and O–H groups in total. The molecule has 112 valence electrons. The summed E-state index contributed by atoms with van der Waals surface area (Å²) in [6.07, 6.45) is 4.97. The number of piperidine rings is 2. The summed E-state index contributed by atoms with van der Waals surface area (Å²) in [5.74, 6) is 0.750. The molecule has 2 aliphatic rings. The van der Waals surface area contributed by atoms with Crippen LogP contribution in [0.1, 0.15) is 32.6 Å². The van der Waals surface area contributed by atoms with Crippen LogP contribution < -0.4 is 5.73 Å². The first-order chi connectivity index (χ1) is 9.11. The van der Waals surface area contributed by atoms with E-state index >= 15 is 0 Å². The summed E-state index contributed by atoms with van der Waals surface area (Å²) in [4.78, 5) is 5.15. The number of hydrogen-bond acceptors (Lipinski definition) is 4. The molecule has 4 nitrogen and oxygen atoms in total. The Hall–Kier alpha value is -0.160. The van der Waals surface area contributed by atoms with Gasteiger partial charge in [-0.2, -0.15) is 0 Å². The lowest BCUT2D eigenvalue weighted by molar-refractivity contribution is -0.0166. The van der Waals surface area contributed by atoms with Crippen molar-refractivity contribution in [3.8, 4) is 0 Å². The van der Waals surface area contributed by atoms with Crippen LogP contribution in [0, 0.1) is 5.92 Å². The van der Waals surface area contributed by atoms with Gasteiger partial charge in [-0.1, -0.05) is 0 Å². The predicted molar refractivity (Wildman–Crippen MR) is 79.3 cm³/mol. The predicted octanol–water partition coefficient (Wildman–Crippen LogP) is 1.16. The molecule has 2 fully saturated rings. The van der Waals surface area contributed by atoms with Crippen LogP contribution in [-0.2, 0) is 4.74 Å². The Kier molecular flexibility index (Phi) is 5.23. The van der Waals surface area contributed by atoms with Crippen molar-refractivity contribution in [2.75, 3.05) is 46.9 Å². The van der Waals surface area contributed by atoms with E-state index in [4.69, 9.17) is 10.5 Å². The molecule has 0 aromatic carbocycles. The highest BCUT2D eigenvalue weighted by atomic mass is 16.5. The van der Waals surface area contributed by atoms with E-state index in [1.807, 2.05) is 7.11 Å². The van der Waals surface area contributed by atoms with E-state index in [0.717, 1.165) is 19.1 Å². The van der Waals surface area contributed by atoms with Crippen LogP contribution in [0.15, 0.2) is 0 Å². The van der Waals surface area contributed by atoms with Gasteiger partial charge in [-0.3, -0.25) is 4.90 Å². The summed E-state index contributed by atoms with van der Waals surface area (Å²) in [5.41, 5.74) is 6.44. The number of methoxy groups -OCH3 is 1. The van der Waals surface area contributed by atoms with Gasteiger partial charge in [-0.15, -0.1) is 0 Å². The van der Waals surface area contributed by atoms with E-state index in [2.05, 4.69) is 23.8 Å². The highest BCUT2D eigenvalue weighted by Gasteiger charge is 2.41. The van der Waals surface area contributed by atoms with Crippen molar-refractivity contribution in [3.63, 3.8) is 0 Å². The fourth-order valence-electron chi connectivity index (χ4n) is 3.82. The lowest BCUT2D eigenvalue weighted by Crippen LogP contribution is -2.62. The lowest BCUT2D eigenvalue weighted by atomic mass is 9.80. The largest absolute Gasteiger partial charge is 0.384 e. The third-order valence-corrected chi connectivity index (χ3v) is 5.43. The Bertz CT molecular complexity index is 279. The third kappa shape index (κ3) is 3.30. The molecule has 2 aliphatic heterocycles.